The van der Waals surface area contributed by atoms with Crippen LogP contribution in [0.3, 0.4) is 0 Å². The lowest BCUT2D eigenvalue weighted by Gasteiger charge is -2.11. The van der Waals surface area contributed by atoms with Gasteiger partial charge in [0.25, 0.3) is 0 Å². The van der Waals surface area contributed by atoms with Gasteiger partial charge in [0, 0.05) is 39.0 Å². The average Bonchev–Trinajstić information content (AvgIpc) is 3.51. The van der Waals surface area contributed by atoms with Gasteiger partial charge in [-0.05, 0) is 41.8 Å². The zero-order valence-corrected chi connectivity index (χ0v) is 23.5. The minimum absolute atomic E-state index is 0.770. The summed E-state index contributed by atoms with van der Waals surface area (Å²) in [5, 5.41) is 7.64. The third-order valence-electron chi connectivity index (χ3n) is 8.69. The summed E-state index contributed by atoms with van der Waals surface area (Å²) in [5.41, 5.74) is 7.58. The van der Waals surface area contributed by atoms with Gasteiger partial charge in [-0.15, -0.1) is 0 Å². The molecule has 9 rings (SSSR count). The Hall–Kier alpha value is -5.06. The average molecular weight is 539 g/mol. The van der Waals surface area contributed by atoms with Crippen LogP contribution in [0, 0.1) is 0 Å². The lowest BCUT2D eigenvalue weighted by Crippen LogP contribution is -1.94. The molecule has 0 amide bonds. The first kappa shape index (κ1) is 22.7. The summed E-state index contributed by atoms with van der Waals surface area (Å²) in [6.07, 6.45) is 1.84. The molecule has 192 valence electrons. The molecule has 0 saturated carbocycles. The third kappa shape index (κ3) is 3.25. The molecule has 0 unspecified atom stereocenters. The lowest BCUT2D eigenvalue weighted by atomic mass is 10.1. The molecule has 0 radical (unpaired) electrons. The number of hydrogen-bond donors (Lipinski definition) is 0. The van der Waals surface area contributed by atoms with E-state index in [-0.39, 0.29) is 0 Å². The molecule has 0 fully saturated rings. The largest absolute Gasteiger partial charge is 0.309 e. The number of nitrogens with zero attached hydrogens (tertiary/aromatic N) is 3. The predicted molar refractivity (Wildman–Crippen MR) is 174 cm³/mol. The molecule has 5 aromatic carbocycles. The van der Waals surface area contributed by atoms with Crippen molar-refractivity contribution in [2.45, 2.75) is 0 Å². The highest BCUT2D eigenvalue weighted by atomic mass is 28.2. The molecule has 3 nitrogen and oxygen atoms in total. The summed E-state index contributed by atoms with van der Waals surface area (Å²) >= 11 is 0. The molecular formula is C37H24N3Si-. The quantitative estimate of drug-likeness (QED) is 0.162. The van der Waals surface area contributed by atoms with E-state index >= 15 is 0 Å². The summed E-state index contributed by atoms with van der Waals surface area (Å²) in [6.45, 7) is 2.43. The van der Waals surface area contributed by atoms with Gasteiger partial charge < -0.3 is 4.57 Å². The Morgan fingerprint density at radius 2 is 1.32 bits per heavy atom. The summed E-state index contributed by atoms with van der Waals surface area (Å²) in [5.74, 6) is 0. The normalized spacial score (nSPS) is 12.0. The van der Waals surface area contributed by atoms with Crippen LogP contribution in [-0.2, 0) is 6.55 Å². The highest BCUT2D eigenvalue weighted by Gasteiger charge is 2.14. The first-order valence-electron chi connectivity index (χ1n) is 14.0. The Kier molecular flexibility index (Phi) is 4.69. The molecule has 0 spiro atoms. The van der Waals surface area contributed by atoms with Crippen molar-refractivity contribution < 1.29 is 0 Å². The molecule has 41 heavy (non-hydrogen) atoms. The van der Waals surface area contributed by atoms with E-state index in [9.17, 15) is 0 Å². The second-order valence-electron chi connectivity index (χ2n) is 10.9. The van der Waals surface area contributed by atoms with Crippen LogP contribution < -0.4 is 0 Å². The van der Waals surface area contributed by atoms with Crippen LogP contribution in [0.1, 0.15) is 0 Å². The van der Waals surface area contributed by atoms with Crippen LogP contribution in [0.15, 0.2) is 128 Å². The summed E-state index contributed by atoms with van der Waals surface area (Å²) < 4.78 is 2.42. The van der Waals surface area contributed by atoms with Gasteiger partial charge in [0.05, 0.1) is 27.8 Å². The molecule has 0 aliphatic carbocycles. The minimum atomic E-state index is -0.770. The van der Waals surface area contributed by atoms with Gasteiger partial charge in [-0.25, -0.2) is 4.98 Å². The van der Waals surface area contributed by atoms with Crippen LogP contribution >= 0.6 is 0 Å². The zero-order valence-electron chi connectivity index (χ0n) is 22.5. The number of aromatic nitrogens is 3. The second-order valence-corrected chi connectivity index (χ2v) is 13.2. The van der Waals surface area contributed by atoms with Crippen molar-refractivity contribution >= 4 is 72.8 Å². The van der Waals surface area contributed by atoms with Crippen molar-refractivity contribution in [1.82, 2.24) is 14.5 Å². The van der Waals surface area contributed by atoms with E-state index < -0.39 is 8.40 Å². The van der Waals surface area contributed by atoms with Crippen LogP contribution in [0.5, 0.6) is 0 Å². The Balaban J connectivity index is 1.24. The molecule has 0 aliphatic rings. The maximum atomic E-state index is 5.07. The van der Waals surface area contributed by atoms with Gasteiger partial charge in [0.1, 0.15) is 0 Å². The van der Waals surface area contributed by atoms with E-state index in [1.165, 1.54) is 42.6 Å². The van der Waals surface area contributed by atoms with Crippen molar-refractivity contribution in [3.05, 3.63) is 128 Å². The molecule has 4 heteroatoms. The smallest absolute Gasteiger partial charge is 0.0972 e. The van der Waals surface area contributed by atoms with Gasteiger partial charge in [-0.1, -0.05) is 90.3 Å². The molecule has 0 atom stereocenters. The van der Waals surface area contributed by atoms with Crippen LogP contribution in [0.2, 0.25) is 0 Å². The van der Waals surface area contributed by atoms with Gasteiger partial charge in [-0.2, -0.15) is 16.5 Å². The van der Waals surface area contributed by atoms with Crippen LogP contribution in [0.4, 0.5) is 0 Å². The number of rotatable bonds is 2. The molecule has 0 N–H and O–H groups in total. The fourth-order valence-corrected chi connectivity index (χ4v) is 8.91. The number of aryl methyl sites for hydroxylation is 1. The molecule has 0 saturated heterocycles. The number of benzene rings is 5. The van der Waals surface area contributed by atoms with Gasteiger partial charge in [0.15, 0.2) is 0 Å². The van der Waals surface area contributed by atoms with E-state index in [1.807, 2.05) is 12.3 Å². The van der Waals surface area contributed by atoms with Crippen LogP contribution in [0.25, 0.3) is 81.3 Å². The van der Waals surface area contributed by atoms with Crippen molar-refractivity contribution in [3.8, 4) is 16.9 Å². The Labute approximate surface area is 237 Å². The van der Waals surface area contributed by atoms with Crippen molar-refractivity contribution in [1.29, 1.82) is 0 Å². The number of hydrogen-bond acceptors (Lipinski definition) is 2. The van der Waals surface area contributed by atoms with E-state index in [0.717, 1.165) is 38.8 Å². The highest BCUT2D eigenvalue weighted by molar-refractivity contribution is 6.77. The molecule has 0 bridgehead atoms. The highest BCUT2D eigenvalue weighted by Crippen LogP contribution is 2.38. The molecule has 0 aliphatic heterocycles. The van der Waals surface area contributed by atoms with E-state index in [0.29, 0.717) is 0 Å². The Morgan fingerprint density at radius 1 is 0.561 bits per heavy atom. The maximum Gasteiger partial charge on any atom is 0.0972 e. The van der Waals surface area contributed by atoms with E-state index in [1.54, 1.807) is 0 Å². The Morgan fingerprint density at radius 3 is 2.20 bits per heavy atom. The SMILES string of the molecule is C[si-]1c2ccccc2c2cc3c(cc21)c1ccccc1n3-c1ccc(-c2ccc3ccc4cccnc4c3n2)cc1. The Bertz CT molecular complexity index is 2480. The standard InChI is InChI=1S/C37H24N3Si/c1-41-34-11-5-3-9-28(34)30-21-33-29(22-35(30)41)27-8-2-4-10-32(27)40(33)26-17-14-23(15-18-26)31-19-16-25-13-12-24-7-6-20-38-36(24)37(25)39-31/h2-22H,1H3/q-1. The molecule has 4 heterocycles. The van der Waals surface area contributed by atoms with Gasteiger partial charge in [-0.3, -0.25) is 13.4 Å². The summed E-state index contributed by atoms with van der Waals surface area (Å²) in [6, 6.07) is 44.1. The minimum Gasteiger partial charge on any atom is -0.309 e. The zero-order chi connectivity index (χ0) is 27.1. The topological polar surface area (TPSA) is 30.7 Å². The monoisotopic (exact) mass is 538 g/mol. The summed E-state index contributed by atoms with van der Waals surface area (Å²) in [7, 11) is -0.770. The van der Waals surface area contributed by atoms with E-state index in [4.69, 9.17) is 4.98 Å². The first-order valence-corrected chi connectivity index (χ1v) is 16.0. The second kappa shape index (κ2) is 8.47. The number of para-hydroxylation sites is 1. The van der Waals surface area contributed by atoms with Gasteiger partial charge in [0.2, 0.25) is 0 Å². The fourth-order valence-electron chi connectivity index (χ4n) is 6.68. The molecule has 4 aromatic heterocycles. The van der Waals surface area contributed by atoms with E-state index in [2.05, 4.69) is 131 Å². The first-order chi connectivity index (χ1) is 20.2. The van der Waals surface area contributed by atoms with Crippen molar-refractivity contribution in [3.63, 3.8) is 0 Å². The predicted octanol–water partition coefficient (Wildman–Crippen LogP) is 9.14. The summed E-state index contributed by atoms with van der Waals surface area (Å²) in [4.78, 5) is 12.7. The number of fused-ring (bicyclic) bond motifs is 9. The lowest BCUT2D eigenvalue weighted by molar-refractivity contribution is 1.18. The van der Waals surface area contributed by atoms with Crippen molar-refractivity contribution in [2.75, 3.05) is 0 Å². The molecule has 9 aromatic rings. The van der Waals surface area contributed by atoms with Crippen LogP contribution in [-0.4, -0.2) is 22.9 Å². The third-order valence-corrected chi connectivity index (χ3v) is 11.2. The fraction of sp³-hybridized carbons (Fsp3) is 0.0270. The number of pyridine rings is 2. The van der Waals surface area contributed by atoms with Crippen molar-refractivity contribution in [2.24, 2.45) is 6.55 Å². The molecular weight excluding hydrogens is 515 g/mol. The maximum absolute atomic E-state index is 5.07. The van der Waals surface area contributed by atoms with Gasteiger partial charge >= 0.3 is 0 Å².